The van der Waals surface area contributed by atoms with Crippen molar-refractivity contribution in [1.82, 2.24) is 15.1 Å². The van der Waals surface area contributed by atoms with Gasteiger partial charge in [-0.2, -0.15) is 0 Å². The lowest BCUT2D eigenvalue weighted by Gasteiger charge is -2.47. The highest BCUT2D eigenvalue weighted by Crippen LogP contribution is 2.32. The maximum absolute atomic E-state index is 6.23. The van der Waals surface area contributed by atoms with Crippen molar-refractivity contribution in [3.05, 3.63) is 29.7 Å². The molecule has 0 amide bonds. The van der Waals surface area contributed by atoms with Gasteiger partial charge in [0.15, 0.2) is 0 Å². The summed E-state index contributed by atoms with van der Waals surface area (Å²) in [5.41, 5.74) is 1.70. The number of ether oxygens (including phenoxy) is 1. The fourth-order valence-electron chi connectivity index (χ4n) is 3.49. The van der Waals surface area contributed by atoms with Crippen LogP contribution >= 0.6 is 11.3 Å². The SMILES string of the molecule is c1coc(CN2CCO[C@@]3(CCCN(c4nncs4)C3)C2)c1. The molecule has 2 saturated heterocycles. The van der Waals surface area contributed by atoms with E-state index in [-0.39, 0.29) is 5.60 Å². The normalized spacial score (nSPS) is 26.6. The Balaban J connectivity index is 1.45. The van der Waals surface area contributed by atoms with Crippen molar-refractivity contribution in [3.8, 4) is 0 Å². The maximum Gasteiger partial charge on any atom is 0.208 e. The van der Waals surface area contributed by atoms with Crippen molar-refractivity contribution < 1.29 is 9.15 Å². The fourth-order valence-corrected chi connectivity index (χ4v) is 4.08. The second kappa shape index (κ2) is 5.98. The summed E-state index contributed by atoms with van der Waals surface area (Å²) in [5, 5.41) is 9.17. The molecule has 4 heterocycles. The summed E-state index contributed by atoms with van der Waals surface area (Å²) >= 11 is 1.60. The molecule has 2 aromatic heterocycles. The Morgan fingerprint density at radius 2 is 2.32 bits per heavy atom. The first-order valence-corrected chi connectivity index (χ1v) is 8.61. The van der Waals surface area contributed by atoms with Crippen molar-refractivity contribution in [2.75, 3.05) is 37.7 Å². The quantitative estimate of drug-likeness (QED) is 0.862. The summed E-state index contributed by atoms with van der Waals surface area (Å²) in [6.07, 6.45) is 3.98. The molecule has 6 nitrogen and oxygen atoms in total. The Morgan fingerprint density at radius 3 is 3.14 bits per heavy atom. The van der Waals surface area contributed by atoms with E-state index in [1.165, 1.54) is 0 Å². The molecule has 0 aliphatic carbocycles. The van der Waals surface area contributed by atoms with Crippen LogP contribution in [0, 0.1) is 0 Å². The van der Waals surface area contributed by atoms with E-state index in [0.717, 1.165) is 63.1 Å². The Morgan fingerprint density at radius 1 is 1.32 bits per heavy atom. The zero-order chi connectivity index (χ0) is 14.8. The first-order chi connectivity index (χ1) is 10.8. The van der Waals surface area contributed by atoms with Crippen LogP contribution in [0.4, 0.5) is 5.13 Å². The second-order valence-corrected chi connectivity index (χ2v) is 6.88. The summed E-state index contributed by atoms with van der Waals surface area (Å²) in [7, 11) is 0. The molecular weight excluding hydrogens is 300 g/mol. The summed E-state index contributed by atoms with van der Waals surface area (Å²) in [6, 6.07) is 3.99. The molecule has 1 spiro atoms. The van der Waals surface area contributed by atoms with Crippen LogP contribution in [0.2, 0.25) is 0 Å². The highest BCUT2D eigenvalue weighted by Gasteiger charge is 2.41. The minimum absolute atomic E-state index is 0.0885. The molecule has 0 bridgehead atoms. The number of furan rings is 1. The zero-order valence-electron chi connectivity index (χ0n) is 12.5. The van der Waals surface area contributed by atoms with Gasteiger partial charge in [-0.25, -0.2) is 0 Å². The van der Waals surface area contributed by atoms with Gasteiger partial charge in [-0.15, -0.1) is 10.2 Å². The predicted molar refractivity (Wildman–Crippen MR) is 84.0 cm³/mol. The molecule has 0 N–H and O–H groups in total. The van der Waals surface area contributed by atoms with Gasteiger partial charge in [-0.05, 0) is 25.0 Å². The molecule has 0 unspecified atom stereocenters. The first kappa shape index (κ1) is 14.2. The Kier molecular flexibility index (Phi) is 3.85. The van der Waals surface area contributed by atoms with Crippen molar-refractivity contribution in [1.29, 1.82) is 0 Å². The smallest absolute Gasteiger partial charge is 0.208 e. The monoisotopic (exact) mass is 320 g/mol. The lowest BCUT2D eigenvalue weighted by atomic mass is 9.91. The lowest BCUT2D eigenvalue weighted by Crippen LogP contribution is -2.59. The third-order valence-corrected chi connectivity index (χ3v) is 5.20. The number of hydrogen-bond donors (Lipinski definition) is 0. The minimum atomic E-state index is -0.0885. The molecule has 4 rings (SSSR count). The van der Waals surface area contributed by atoms with Crippen LogP contribution in [0.15, 0.2) is 28.3 Å². The summed E-state index contributed by atoms with van der Waals surface area (Å²) < 4.78 is 11.7. The summed E-state index contributed by atoms with van der Waals surface area (Å²) in [6.45, 7) is 5.49. The molecule has 0 radical (unpaired) electrons. The molecule has 2 aromatic rings. The average molecular weight is 320 g/mol. The third-order valence-electron chi connectivity index (χ3n) is 4.45. The van der Waals surface area contributed by atoms with Crippen LogP contribution < -0.4 is 4.90 Å². The largest absolute Gasteiger partial charge is 0.468 e. The standard InChI is InChI=1S/C15H20N4O2S/c1-3-13(20-7-1)9-18-6-8-21-15(10-18)4-2-5-19(11-15)14-17-16-12-22-14/h1,3,7,12H,2,4-6,8-11H2/t15-/m0/s1. The first-order valence-electron chi connectivity index (χ1n) is 7.73. The van der Waals surface area contributed by atoms with Crippen LogP contribution in [0.25, 0.3) is 0 Å². The predicted octanol–water partition coefficient (Wildman–Crippen LogP) is 2.00. The highest BCUT2D eigenvalue weighted by atomic mass is 32.1. The van der Waals surface area contributed by atoms with Crippen LogP contribution in [-0.4, -0.2) is 53.5 Å². The molecule has 0 saturated carbocycles. The van der Waals surface area contributed by atoms with E-state index in [2.05, 4.69) is 20.0 Å². The van der Waals surface area contributed by atoms with Gasteiger partial charge in [0.2, 0.25) is 5.13 Å². The maximum atomic E-state index is 6.23. The second-order valence-electron chi connectivity index (χ2n) is 6.07. The Hall–Kier alpha value is -1.44. The van der Waals surface area contributed by atoms with Crippen molar-refractivity contribution >= 4 is 16.5 Å². The Labute approximate surface area is 133 Å². The number of piperidine rings is 1. The number of rotatable bonds is 3. The molecule has 2 fully saturated rings. The number of aromatic nitrogens is 2. The summed E-state index contributed by atoms with van der Waals surface area (Å²) in [5.74, 6) is 1.02. The molecule has 2 aliphatic heterocycles. The van der Waals surface area contributed by atoms with Crippen molar-refractivity contribution in [3.63, 3.8) is 0 Å². The molecule has 22 heavy (non-hydrogen) atoms. The molecule has 118 valence electrons. The van der Waals surface area contributed by atoms with Gasteiger partial charge in [-0.1, -0.05) is 11.3 Å². The molecule has 2 aliphatic rings. The van der Waals surface area contributed by atoms with Gasteiger partial charge >= 0.3 is 0 Å². The molecule has 0 aromatic carbocycles. The van der Waals surface area contributed by atoms with Gasteiger partial charge in [0.05, 0.1) is 31.6 Å². The number of hydrogen-bond acceptors (Lipinski definition) is 7. The zero-order valence-corrected chi connectivity index (χ0v) is 13.3. The van der Waals surface area contributed by atoms with Crippen LogP contribution in [0.1, 0.15) is 18.6 Å². The van der Waals surface area contributed by atoms with Gasteiger partial charge in [0.1, 0.15) is 11.3 Å². The van der Waals surface area contributed by atoms with Gasteiger partial charge in [0, 0.05) is 19.6 Å². The summed E-state index contributed by atoms with van der Waals surface area (Å²) in [4.78, 5) is 4.75. The number of nitrogens with zero attached hydrogens (tertiary/aromatic N) is 4. The molecule has 7 heteroatoms. The number of morpholine rings is 1. The van der Waals surface area contributed by atoms with Gasteiger partial charge < -0.3 is 14.1 Å². The van der Waals surface area contributed by atoms with E-state index < -0.39 is 0 Å². The van der Waals surface area contributed by atoms with Crippen LogP contribution in [0.5, 0.6) is 0 Å². The highest BCUT2D eigenvalue weighted by molar-refractivity contribution is 7.13. The lowest BCUT2D eigenvalue weighted by molar-refractivity contribution is -0.117. The van der Waals surface area contributed by atoms with E-state index in [4.69, 9.17) is 9.15 Å². The average Bonchev–Trinajstić information content (AvgIpc) is 3.21. The minimum Gasteiger partial charge on any atom is -0.468 e. The third kappa shape index (κ3) is 2.88. The van der Waals surface area contributed by atoms with E-state index in [0.29, 0.717) is 0 Å². The van der Waals surface area contributed by atoms with E-state index in [9.17, 15) is 0 Å². The van der Waals surface area contributed by atoms with E-state index >= 15 is 0 Å². The molecular formula is C15H20N4O2S. The van der Waals surface area contributed by atoms with Crippen LogP contribution in [0.3, 0.4) is 0 Å². The van der Waals surface area contributed by atoms with Crippen molar-refractivity contribution in [2.45, 2.75) is 25.0 Å². The van der Waals surface area contributed by atoms with E-state index in [1.807, 2.05) is 12.1 Å². The fraction of sp³-hybridized carbons (Fsp3) is 0.600. The van der Waals surface area contributed by atoms with Crippen LogP contribution in [-0.2, 0) is 11.3 Å². The van der Waals surface area contributed by atoms with Gasteiger partial charge in [-0.3, -0.25) is 4.90 Å². The van der Waals surface area contributed by atoms with E-state index in [1.54, 1.807) is 23.1 Å². The molecule has 1 atom stereocenters. The topological polar surface area (TPSA) is 54.6 Å². The Bertz CT molecular complexity index is 585. The van der Waals surface area contributed by atoms with Crippen molar-refractivity contribution in [2.24, 2.45) is 0 Å². The number of anilines is 1. The van der Waals surface area contributed by atoms with Gasteiger partial charge in [0.25, 0.3) is 0 Å².